The molecule has 0 unspecified atom stereocenters. The molecular weight excluding hydrogens is 693 g/mol. The molecule has 0 amide bonds. The van der Waals surface area contributed by atoms with Crippen molar-refractivity contribution in [1.29, 1.82) is 0 Å². The summed E-state index contributed by atoms with van der Waals surface area (Å²) in [7, 11) is 0.918. The van der Waals surface area contributed by atoms with E-state index < -0.39 is 10.0 Å². The molecular formula is C30H28ClN5PtS+2. The summed E-state index contributed by atoms with van der Waals surface area (Å²) in [5.74, 6) is 4.10. The summed E-state index contributed by atoms with van der Waals surface area (Å²) in [4.78, 5) is 13.2. The molecule has 8 heteroatoms. The average Bonchev–Trinajstić information content (AvgIpc) is 3.58. The van der Waals surface area contributed by atoms with Crippen molar-refractivity contribution < 1.29 is 38.0 Å². The maximum absolute atomic E-state index is 5.16. The number of para-hydroxylation sites is 1. The van der Waals surface area contributed by atoms with Crippen molar-refractivity contribution in [1.82, 2.24) is 19.1 Å². The number of aromatic nitrogens is 5. The summed E-state index contributed by atoms with van der Waals surface area (Å²) >= 11 is 0. The minimum absolute atomic E-state index is 0. The zero-order chi connectivity index (χ0) is 24.4. The van der Waals surface area contributed by atoms with Crippen molar-refractivity contribution in [2.75, 3.05) is 11.5 Å². The number of rotatable bonds is 4. The van der Waals surface area contributed by atoms with Gasteiger partial charge in [-0.15, -0.1) is 0 Å². The molecule has 0 saturated heterocycles. The largest absolute Gasteiger partial charge is 2.00 e. The summed E-state index contributed by atoms with van der Waals surface area (Å²) < 4.78 is 6.33. The van der Waals surface area contributed by atoms with E-state index in [9.17, 15) is 0 Å². The standard InChI is InChI=1S/C30H28N5S.ClH.Pt/c1-4-36(5-2)26-13-9-7-11-22(26)24-19-31-29(18-27(24)36)35-25-12-8-6-10-21(25)23-14-15-28(32-30(23)35)34-17-16-33(3)20-34;;/h6-20H,4-5H2,1-3H3;1H;/q+1;;+2/p-1. The fraction of sp³-hybridized carbons (Fsp3) is 0.167. The van der Waals surface area contributed by atoms with E-state index in [1.165, 1.54) is 26.3 Å². The smallest absolute Gasteiger partial charge is 1.00 e. The van der Waals surface area contributed by atoms with Crippen LogP contribution in [0.5, 0.6) is 0 Å². The predicted molar refractivity (Wildman–Crippen MR) is 148 cm³/mol. The SMILES string of the molecule is CCS1(CC)c2ccccc2-c2cnc(-n3c4ccccc4c4ccc(-n5cc[n+](C)c5)nc43)cc21.[Cl-].[Pt+2]. The molecule has 0 spiro atoms. The van der Waals surface area contributed by atoms with Gasteiger partial charge in [-0.05, 0) is 41.3 Å². The monoisotopic (exact) mass is 720 g/mol. The van der Waals surface area contributed by atoms with Crippen LogP contribution < -0.4 is 17.0 Å². The molecule has 0 fully saturated rings. The first-order valence-corrected chi connectivity index (χ1v) is 14.4. The fourth-order valence-electron chi connectivity index (χ4n) is 5.84. The van der Waals surface area contributed by atoms with Crippen LogP contribution in [-0.4, -0.2) is 30.6 Å². The molecule has 6 aromatic rings. The van der Waals surface area contributed by atoms with E-state index in [4.69, 9.17) is 9.97 Å². The van der Waals surface area contributed by atoms with Gasteiger partial charge in [-0.25, -0.2) is 9.55 Å². The van der Waals surface area contributed by atoms with Gasteiger partial charge >= 0.3 is 21.1 Å². The molecule has 5 heterocycles. The van der Waals surface area contributed by atoms with E-state index >= 15 is 0 Å². The number of aryl methyl sites for hydroxylation is 1. The molecule has 0 radical (unpaired) electrons. The van der Waals surface area contributed by atoms with Gasteiger partial charge in [-0.2, -0.15) is 19.6 Å². The molecule has 4 aromatic heterocycles. The quantitative estimate of drug-likeness (QED) is 0.262. The van der Waals surface area contributed by atoms with Crippen LogP contribution in [0.2, 0.25) is 0 Å². The molecule has 0 atom stereocenters. The van der Waals surface area contributed by atoms with Crippen LogP contribution in [0.4, 0.5) is 0 Å². The van der Waals surface area contributed by atoms with Gasteiger partial charge in [-0.1, -0.05) is 50.2 Å². The summed E-state index contributed by atoms with van der Waals surface area (Å²) in [6.07, 6.45) is 8.19. The van der Waals surface area contributed by atoms with Crippen LogP contribution in [0.15, 0.2) is 101 Å². The molecule has 0 aliphatic carbocycles. The molecule has 0 saturated carbocycles. The third kappa shape index (κ3) is 3.69. The topological polar surface area (TPSA) is 39.5 Å². The van der Waals surface area contributed by atoms with Crippen LogP contribution in [0, 0.1) is 0 Å². The number of imidazole rings is 1. The second-order valence-corrected chi connectivity index (χ2v) is 13.2. The summed E-state index contributed by atoms with van der Waals surface area (Å²) in [5.41, 5.74) is 4.71. The van der Waals surface area contributed by atoms with Gasteiger partial charge in [0.05, 0.1) is 12.6 Å². The van der Waals surface area contributed by atoms with Crippen molar-refractivity contribution in [2.45, 2.75) is 23.6 Å². The Bertz CT molecular complexity index is 1800. The van der Waals surface area contributed by atoms with E-state index in [0.717, 1.165) is 39.7 Å². The van der Waals surface area contributed by atoms with Crippen molar-refractivity contribution in [3.05, 3.63) is 91.6 Å². The maximum Gasteiger partial charge on any atom is 2.00 e. The number of hydrogen-bond donors (Lipinski definition) is 0. The molecule has 1 aliphatic heterocycles. The van der Waals surface area contributed by atoms with Gasteiger partial charge in [0.2, 0.25) is 12.1 Å². The Kier molecular flexibility index (Phi) is 7.02. The molecule has 194 valence electrons. The fourth-order valence-corrected chi connectivity index (χ4v) is 9.58. The number of hydrogen-bond acceptors (Lipinski definition) is 2. The molecule has 7 rings (SSSR count). The second kappa shape index (κ2) is 10.00. The Labute approximate surface area is 244 Å². The summed E-state index contributed by atoms with van der Waals surface area (Å²) in [5, 5.41) is 2.33. The van der Waals surface area contributed by atoms with Gasteiger partial charge in [0, 0.05) is 38.4 Å². The van der Waals surface area contributed by atoms with Gasteiger partial charge in [0.15, 0.2) is 5.65 Å². The first-order chi connectivity index (χ1) is 17.6. The normalized spacial score (nSPS) is 14.0. The van der Waals surface area contributed by atoms with Crippen LogP contribution >= 0.6 is 10.0 Å². The van der Waals surface area contributed by atoms with Crippen LogP contribution in [0.3, 0.4) is 0 Å². The van der Waals surface area contributed by atoms with E-state index in [2.05, 4.69) is 95.9 Å². The average molecular weight is 721 g/mol. The van der Waals surface area contributed by atoms with E-state index in [1.807, 2.05) is 30.3 Å². The molecule has 0 bridgehead atoms. The van der Waals surface area contributed by atoms with Gasteiger partial charge in [0.1, 0.15) is 18.2 Å². The predicted octanol–water partition coefficient (Wildman–Crippen LogP) is 3.43. The minimum Gasteiger partial charge on any atom is -1.00 e. The first-order valence-electron chi connectivity index (χ1n) is 12.5. The van der Waals surface area contributed by atoms with Crippen LogP contribution in [-0.2, 0) is 28.1 Å². The van der Waals surface area contributed by atoms with Crippen molar-refractivity contribution in [3.63, 3.8) is 0 Å². The zero-order valence-corrected chi connectivity index (χ0v) is 25.3. The number of benzene rings is 2. The Morgan fingerprint density at radius 1 is 0.842 bits per heavy atom. The van der Waals surface area contributed by atoms with E-state index in [-0.39, 0.29) is 33.5 Å². The third-order valence-corrected chi connectivity index (χ3v) is 12.0. The molecule has 38 heavy (non-hydrogen) atoms. The maximum atomic E-state index is 5.16. The molecule has 0 N–H and O–H groups in total. The number of halogens is 1. The van der Waals surface area contributed by atoms with Gasteiger partial charge < -0.3 is 12.4 Å². The van der Waals surface area contributed by atoms with Gasteiger partial charge in [-0.3, -0.25) is 4.57 Å². The Morgan fingerprint density at radius 2 is 1.61 bits per heavy atom. The zero-order valence-electron chi connectivity index (χ0n) is 21.4. The van der Waals surface area contributed by atoms with Crippen molar-refractivity contribution in [2.24, 2.45) is 7.05 Å². The number of pyridine rings is 2. The summed E-state index contributed by atoms with van der Waals surface area (Å²) in [6, 6.07) is 24.1. The van der Waals surface area contributed by atoms with Crippen molar-refractivity contribution in [3.8, 4) is 22.8 Å². The van der Waals surface area contributed by atoms with Crippen LogP contribution in [0.25, 0.3) is 44.7 Å². The summed E-state index contributed by atoms with van der Waals surface area (Å²) in [6.45, 7) is 4.69. The minimum atomic E-state index is -1.10. The van der Waals surface area contributed by atoms with Crippen molar-refractivity contribution >= 4 is 32.0 Å². The molecule has 1 aliphatic rings. The number of nitrogens with zero attached hydrogens (tertiary/aromatic N) is 5. The molecule has 5 nitrogen and oxygen atoms in total. The first kappa shape index (κ1) is 26.7. The Balaban J connectivity index is 0.00000147. The Hall–Kier alpha value is -2.92. The second-order valence-electron chi connectivity index (χ2n) is 9.38. The van der Waals surface area contributed by atoms with E-state index in [1.54, 1.807) is 0 Å². The van der Waals surface area contributed by atoms with Crippen LogP contribution in [0.1, 0.15) is 13.8 Å². The number of fused-ring (bicyclic) bond motifs is 6. The molecule has 2 aromatic carbocycles. The van der Waals surface area contributed by atoms with E-state index in [0.29, 0.717) is 0 Å². The third-order valence-electron chi connectivity index (χ3n) is 7.63. The Morgan fingerprint density at radius 3 is 2.37 bits per heavy atom. The van der Waals surface area contributed by atoms with Gasteiger partial charge in [0.25, 0.3) is 0 Å².